The fraction of sp³-hybridized carbons (Fsp3) is 0.222. The quantitative estimate of drug-likeness (QED) is 0.638. The van der Waals surface area contributed by atoms with Gasteiger partial charge in [-0.3, -0.25) is 4.79 Å². The molecule has 0 unspecified atom stereocenters. The summed E-state index contributed by atoms with van der Waals surface area (Å²) in [6.45, 7) is 1.94. The highest BCUT2D eigenvalue weighted by Gasteiger charge is 2.07. The fourth-order valence-corrected chi connectivity index (χ4v) is 1.23. The van der Waals surface area contributed by atoms with Crippen LogP contribution in [0.4, 0.5) is 5.69 Å². The van der Waals surface area contributed by atoms with Crippen LogP contribution >= 0.6 is 0 Å². The molecule has 3 heteroatoms. The van der Waals surface area contributed by atoms with E-state index in [0.717, 1.165) is 12.0 Å². The number of nitrogens with two attached hydrogens (primary N) is 2. The average molecular weight is 164 g/mol. The second kappa shape index (κ2) is 3.26. The van der Waals surface area contributed by atoms with E-state index in [0.29, 0.717) is 11.3 Å². The van der Waals surface area contributed by atoms with Gasteiger partial charge in [0.05, 0.1) is 0 Å². The number of nitrogen functional groups attached to an aromatic ring is 1. The first-order chi connectivity index (χ1) is 5.66. The van der Waals surface area contributed by atoms with Crippen LogP contribution < -0.4 is 11.5 Å². The minimum atomic E-state index is -0.417. The van der Waals surface area contributed by atoms with Crippen molar-refractivity contribution in [2.24, 2.45) is 5.73 Å². The number of hydrogen-bond acceptors (Lipinski definition) is 2. The largest absolute Gasteiger partial charge is 0.398 e. The molecule has 0 atom stereocenters. The maximum atomic E-state index is 10.9. The Kier molecular flexibility index (Phi) is 2.33. The Balaban J connectivity index is 3.27. The van der Waals surface area contributed by atoms with Gasteiger partial charge in [0.2, 0.25) is 5.91 Å². The van der Waals surface area contributed by atoms with Gasteiger partial charge in [-0.1, -0.05) is 13.0 Å². The maximum absolute atomic E-state index is 10.9. The van der Waals surface area contributed by atoms with Gasteiger partial charge in [0, 0.05) is 11.3 Å². The summed E-state index contributed by atoms with van der Waals surface area (Å²) >= 11 is 0. The Bertz CT molecular complexity index is 307. The minimum absolute atomic E-state index is 0.417. The lowest BCUT2D eigenvalue weighted by Crippen LogP contribution is -2.14. The van der Waals surface area contributed by atoms with E-state index in [2.05, 4.69) is 0 Å². The molecule has 1 aromatic carbocycles. The van der Waals surface area contributed by atoms with Crippen molar-refractivity contribution >= 4 is 11.6 Å². The van der Waals surface area contributed by atoms with Crippen LogP contribution in [0.1, 0.15) is 22.8 Å². The molecular weight excluding hydrogens is 152 g/mol. The summed E-state index contributed by atoms with van der Waals surface area (Å²) in [4.78, 5) is 10.9. The van der Waals surface area contributed by atoms with Crippen LogP contribution in [0, 0.1) is 0 Å². The standard InChI is InChI=1S/C9H12N2O/c1-2-6-7(9(11)12)4-3-5-8(6)10/h3-5H,2,10H2,1H3,(H2,11,12). The minimum Gasteiger partial charge on any atom is -0.398 e. The molecular formula is C9H12N2O. The van der Waals surface area contributed by atoms with Crippen LogP contribution in [-0.2, 0) is 6.42 Å². The van der Waals surface area contributed by atoms with Crippen molar-refractivity contribution in [1.29, 1.82) is 0 Å². The molecule has 0 fully saturated rings. The molecule has 3 nitrogen and oxygen atoms in total. The van der Waals surface area contributed by atoms with E-state index in [-0.39, 0.29) is 0 Å². The first-order valence-corrected chi connectivity index (χ1v) is 3.84. The fourth-order valence-electron chi connectivity index (χ4n) is 1.23. The monoisotopic (exact) mass is 164 g/mol. The van der Waals surface area contributed by atoms with Crippen molar-refractivity contribution < 1.29 is 4.79 Å². The van der Waals surface area contributed by atoms with Crippen molar-refractivity contribution in [2.75, 3.05) is 5.73 Å². The Morgan fingerprint density at radius 2 is 2.17 bits per heavy atom. The van der Waals surface area contributed by atoms with E-state index in [1.807, 2.05) is 6.92 Å². The second-order valence-electron chi connectivity index (χ2n) is 2.59. The number of primary amides is 1. The van der Waals surface area contributed by atoms with Gasteiger partial charge >= 0.3 is 0 Å². The summed E-state index contributed by atoms with van der Waals surface area (Å²) in [6.07, 6.45) is 0.727. The molecule has 0 saturated carbocycles. The van der Waals surface area contributed by atoms with Crippen molar-refractivity contribution in [2.45, 2.75) is 13.3 Å². The van der Waals surface area contributed by atoms with Gasteiger partial charge in [0.15, 0.2) is 0 Å². The summed E-state index contributed by atoms with van der Waals surface area (Å²) < 4.78 is 0. The SMILES string of the molecule is CCc1c(N)cccc1C(N)=O. The normalized spacial score (nSPS) is 9.75. The maximum Gasteiger partial charge on any atom is 0.249 e. The molecule has 1 rings (SSSR count). The van der Waals surface area contributed by atoms with Crippen LogP contribution in [0.5, 0.6) is 0 Å². The van der Waals surface area contributed by atoms with E-state index < -0.39 is 5.91 Å². The molecule has 0 heterocycles. The van der Waals surface area contributed by atoms with Crippen molar-refractivity contribution in [3.8, 4) is 0 Å². The molecule has 0 spiro atoms. The Labute approximate surface area is 71.4 Å². The van der Waals surface area contributed by atoms with E-state index >= 15 is 0 Å². The van der Waals surface area contributed by atoms with Crippen LogP contribution in [0.25, 0.3) is 0 Å². The van der Waals surface area contributed by atoms with Gasteiger partial charge in [0.1, 0.15) is 0 Å². The third kappa shape index (κ3) is 1.39. The van der Waals surface area contributed by atoms with Gasteiger partial charge in [-0.25, -0.2) is 0 Å². The van der Waals surface area contributed by atoms with Crippen LogP contribution in [0.15, 0.2) is 18.2 Å². The van der Waals surface area contributed by atoms with Gasteiger partial charge in [-0.05, 0) is 24.1 Å². The summed E-state index contributed by atoms with van der Waals surface area (Å²) in [6, 6.07) is 5.19. The third-order valence-corrected chi connectivity index (χ3v) is 1.83. The predicted octanol–water partition coefficient (Wildman–Crippen LogP) is 0.930. The number of rotatable bonds is 2. The van der Waals surface area contributed by atoms with E-state index in [1.54, 1.807) is 18.2 Å². The first kappa shape index (κ1) is 8.59. The molecule has 4 N–H and O–H groups in total. The summed E-state index contributed by atoms with van der Waals surface area (Å²) in [5.74, 6) is -0.417. The predicted molar refractivity (Wildman–Crippen MR) is 48.8 cm³/mol. The zero-order chi connectivity index (χ0) is 9.14. The highest BCUT2D eigenvalue weighted by atomic mass is 16.1. The van der Waals surface area contributed by atoms with Crippen molar-refractivity contribution in [3.05, 3.63) is 29.3 Å². The van der Waals surface area contributed by atoms with Gasteiger partial charge in [-0.2, -0.15) is 0 Å². The number of carbonyl (C=O) groups is 1. The molecule has 0 bridgehead atoms. The van der Waals surface area contributed by atoms with Crippen molar-refractivity contribution in [1.82, 2.24) is 0 Å². The number of carbonyl (C=O) groups excluding carboxylic acids is 1. The van der Waals surface area contributed by atoms with Crippen LogP contribution in [0.2, 0.25) is 0 Å². The number of hydrogen-bond donors (Lipinski definition) is 2. The lowest BCUT2D eigenvalue weighted by atomic mass is 10.0. The van der Waals surface area contributed by atoms with Gasteiger partial charge in [0.25, 0.3) is 0 Å². The Morgan fingerprint density at radius 3 is 2.58 bits per heavy atom. The molecule has 0 radical (unpaired) electrons. The Morgan fingerprint density at radius 1 is 1.50 bits per heavy atom. The lowest BCUT2D eigenvalue weighted by molar-refractivity contribution is 0.0999. The zero-order valence-corrected chi connectivity index (χ0v) is 7.00. The highest BCUT2D eigenvalue weighted by Crippen LogP contribution is 2.16. The number of anilines is 1. The highest BCUT2D eigenvalue weighted by molar-refractivity contribution is 5.95. The molecule has 64 valence electrons. The van der Waals surface area contributed by atoms with Gasteiger partial charge in [-0.15, -0.1) is 0 Å². The molecule has 1 aromatic rings. The summed E-state index contributed by atoms with van der Waals surface area (Å²) in [5.41, 5.74) is 12.8. The zero-order valence-electron chi connectivity index (χ0n) is 7.00. The van der Waals surface area contributed by atoms with E-state index in [4.69, 9.17) is 11.5 Å². The third-order valence-electron chi connectivity index (χ3n) is 1.83. The topological polar surface area (TPSA) is 69.1 Å². The van der Waals surface area contributed by atoms with E-state index in [1.165, 1.54) is 0 Å². The molecule has 0 aliphatic carbocycles. The lowest BCUT2D eigenvalue weighted by Gasteiger charge is -2.06. The molecule has 1 amide bonds. The molecule has 0 aliphatic rings. The average Bonchev–Trinajstić information content (AvgIpc) is 2.03. The number of amides is 1. The van der Waals surface area contributed by atoms with E-state index in [9.17, 15) is 4.79 Å². The second-order valence-corrected chi connectivity index (χ2v) is 2.59. The Hall–Kier alpha value is -1.51. The van der Waals surface area contributed by atoms with Crippen LogP contribution in [0.3, 0.4) is 0 Å². The molecule has 12 heavy (non-hydrogen) atoms. The molecule has 0 aliphatic heterocycles. The smallest absolute Gasteiger partial charge is 0.249 e. The summed E-state index contributed by atoms with van der Waals surface area (Å²) in [7, 11) is 0. The summed E-state index contributed by atoms with van der Waals surface area (Å²) in [5, 5.41) is 0. The van der Waals surface area contributed by atoms with Crippen molar-refractivity contribution in [3.63, 3.8) is 0 Å². The molecule has 0 saturated heterocycles. The first-order valence-electron chi connectivity index (χ1n) is 3.84. The van der Waals surface area contributed by atoms with Gasteiger partial charge < -0.3 is 11.5 Å². The molecule has 0 aromatic heterocycles. The van der Waals surface area contributed by atoms with Crippen LogP contribution in [-0.4, -0.2) is 5.91 Å². The number of benzene rings is 1.